The van der Waals surface area contributed by atoms with Gasteiger partial charge >= 0.3 is 0 Å². The molecule has 2 N–H and O–H groups in total. The minimum Gasteiger partial charge on any atom is -0.494 e. The van der Waals surface area contributed by atoms with Crippen molar-refractivity contribution in [3.05, 3.63) is 65.7 Å². The lowest BCUT2D eigenvalue weighted by Gasteiger charge is -2.29. The van der Waals surface area contributed by atoms with Crippen molar-refractivity contribution >= 4 is 17.7 Å². The van der Waals surface area contributed by atoms with Crippen LogP contribution in [-0.4, -0.2) is 54.9 Å². The molecule has 0 spiro atoms. The summed E-state index contributed by atoms with van der Waals surface area (Å²) in [6, 6.07) is 15.1. The van der Waals surface area contributed by atoms with Gasteiger partial charge in [-0.2, -0.15) is 0 Å². The molecular weight excluding hydrogens is 406 g/mol. The number of carbonyl (C=O) groups is 3. The molecule has 2 aromatic carbocycles. The van der Waals surface area contributed by atoms with Crippen molar-refractivity contribution < 1.29 is 19.1 Å². The van der Waals surface area contributed by atoms with Gasteiger partial charge in [0.2, 0.25) is 11.8 Å². The molecule has 32 heavy (non-hydrogen) atoms. The van der Waals surface area contributed by atoms with Gasteiger partial charge in [-0.15, -0.1) is 0 Å². The number of likely N-dealkylation sites (N-methyl/N-ethyl adjacent to an activating group) is 1. The van der Waals surface area contributed by atoms with Crippen LogP contribution in [0.3, 0.4) is 0 Å². The van der Waals surface area contributed by atoms with Crippen LogP contribution in [0.5, 0.6) is 5.75 Å². The number of hydrogen-bond acceptors (Lipinski definition) is 4. The normalized spacial score (nSPS) is 16.9. The van der Waals surface area contributed by atoms with E-state index in [0.717, 1.165) is 18.4 Å². The predicted octanol–water partition coefficient (Wildman–Crippen LogP) is 2.55. The Bertz CT molecular complexity index is 915. The fourth-order valence-electron chi connectivity index (χ4n) is 3.79. The van der Waals surface area contributed by atoms with Gasteiger partial charge in [0.1, 0.15) is 17.8 Å². The van der Waals surface area contributed by atoms with Crippen LogP contribution >= 0.6 is 0 Å². The molecule has 1 aliphatic heterocycles. The molecule has 0 radical (unpaired) electrons. The molecule has 3 rings (SSSR count). The van der Waals surface area contributed by atoms with Crippen LogP contribution in [-0.2, 0) is 16.0 Å². The van der Waals surface area contributed by atoms with Crippen molar-refractivity contribution in [2.45, 2.75) is 44.7 Å². The molecule has 2 aromatic rings. The van der Waals surface area contributed by atoms with E-state index in [1.165, 1.54) is 4.90 Å². The Balaban J connectivity index is 1.79. The number of carbonyl (C=O) groups excluding carboxylic acids is 3. The summed E-state index contributed by atoms with van der Waals surface area (Å²) in [5.74, 6) is -0.0911. The van der Waals surface area contributed by atoms with Crippen LogP contribution in [0.4, 0.5) is 0 Å². The molecule has 1 saturated heterocycles. The van der Waals surface area contributed by atoms with E-state index >= 15 is 0 Å². The van der Waals surface area contributed by atoms with Gasteiger partial charge in [0, 0.05) is 25.6 Å². The van der Waals surface area contributed by atoms with Crippen molar-refractivity contribution in [3.63, 3.8) is 0 Å². The second-order valence-corrected chi connectivity index (χ2v) is 7.93. The van der Waals surface area contributed by atoms with Gasteiger partial charge in [-0.1, -0.05) is 30.3 Å². The topological polar surface area (TPSA) is 87.7 Å². The average Bonchev–Trinajstić information content (AvgIpc) is 3.02. The maximum Gasteiger partial charge on any atom is 0.254 e. The fraction of sp³-hybridized carbons (Fsp3) is 0.400. The fourth-order valence-corrected chi connectivity index (χ4v) is 3.79. The van der Waals surface area contributed by atoms with Crippen LogP contribution in [0, 0.1) is 0 Å². The van der Waals surface area contributed by atoms with E-state index in [-0.39, 0.29) is 17.7 Å². The SMILES string of the molecule is CCOc1ccc(C(=O)N(C)[C@@H](Cc2ccccc2)C(=O)N[C@H]2CCCCNC2=O)cc1. The number of benzene rings is 2. The van der Waals surface area contributed by atoms with Crippen LogP contribution in [0.2, 0.25) is 0 Å². The van der Waals surface area contributed by atoms with Gasteiger partial charge in [-0.05, 0) is 56.0 Å². The first-order chi connectivity index (χ1) is 15.5. The Hall–Kier alpha value is -3.35. The lowest BCUT2D eigenvalue weighted by molar-refractivity contribution is -0.131. The highest BCUT2D eigenvalue weighted by molar-refractivity contribution is 5.98. The van der Waals surface area contributed by atoms with Crippen molar-refractivity contribution in [2.24, 2.45) is 0 Å². The van der Waals surface area contributed by atoms with Crippen molar-refractivity contribution in [1.29, 1.82) is 0 Å². The molecule has 0 saturated carbocycles. The van der Waals surface area contributed by atoms with Gasteiger partial charge in [0.25, 0.3) is 5.91 Å². The summed E-state index contributed by atoms with van der Waals surface area (Å²) in [4.78, 5) is 40.2. The summed E-state index contributed by atoms with van der Waals surface area (Å²) in [6.07, 6.45) is 2.68. The van der Waals surface area contributed by atoms with Crippen LogP contribution < -0.4 is 15.4 Å². The number of rotatable bonds is 8. The minimum atomic E-state index is -0.757. The van der Waals surface area contributed by atoms with Crippen molar-refractivity contribution in [1.82, 2.24) is 15.5 Å². The number of nitrogens with zero attached hydrogens (tertiary/aromatic N) is 1. The molecule has 0 bridgehead atoms. The van der Waals surface area contributed by atoms with Crippen LogP contribution in [0.15, 0.2) is 54.6 Å². The second-order valence-electron chi connectivity index (χ2n) is 7.93. The first kappa shape index (κ1) is 23.3. The van der Waals surface area contributed by atoms with Crippen molar-refractivity contribution in [3.8, 4) is 5.75 Å². The lowest BCUT2D eigenvalue weighted by atomic mass is 10.0. The van der Waals surface area contributed by atoms with E-state index in [4.69, 9.17) is 4.74 Å². The molecule has 170 valence electrons. The van der Waals surface area contributed by atoms with E-state index in [0.29, 0.717) is 37.3 Å². The Kier molecular flexibility index (Phi) is 8.25. The summed E-state index contributed by atoms with van der Waals surface area (Å²) in [6.45, 7) is 3.06. The molecule has 7 nitrogen and oxygen atoms in total. The van der Waals surface area contributed by atoms with Gasteiger partial charge in [0.05, 0.1) is 6.61 Å². The number of hydrogen-bond donors (Lipinski definition) is 2. The van der Waals surface area contributed by atoms with Gasteiger partial charge in [-0.3, -0.25) is 14.4 Å². The molecule has 1 fully saturated rings. The third-order valence-corrected chi connectivity index (χ3v) is 5.63. The van der Waals surface area contributed by atoms with E-state index in [1.54, 1.807) is 31.3 Å². The maximum absolute atomic E-state index is 13.3. The Morgan fingerprint density at radius 1 is 1.12 bits per heavy atom. The molecule has 1 heterocycles. The summed E-state index contributed by atoms with van der Waals surface area (Å²) in [7, 11) is 1.62. The highest BCUT2D eigenvalue weighted by atomic mass is 16.5. The monoisotopic (exact) mass is 437 g/mol. The molecule has 0 unspecified atom stereocenters. The molecule has 7 heteroatoms. The molecule has 0 aliphatic carbocycles. The summed E-state index contributed by atoms with van der Waals surface area (Å²) < 4.78 is 5.44. The first-order valence-electron chi connectivity index (χ1n) is 11.1. The summed E-state index contributed by atoms with van der Waals surface area (Å²) in [5, 5.41) is 5.71. The smallest absolute Gasteiger partial charge is 0.254 e. The Labute approximate surface area is 189 Å². The molecule has 3 amide bonds. The summed E-state index contributed by atoms with van der Waals surface area (Å²) >= 11 is 0. The number of amides is 3. The summed E-state index contributed by atoms with van der Waals surface area (Å²) in [5.41, 5.74) is 1.40. The van der Waals surface area contributed by atoms with Crippen LogP contribution in [0.1, 0.15) is 42.1 Å². The molecule has 0 aromatic heterocycles. The number of nitrogens with one attached hydrogen (secondary N) is 2. The lowest BCUT2D eigenvalue weighted by Crippen LogP contribution is -2.54. The third-order valence-electron chi connectivity index (χ3n) is 5.63. The molecular formula is C25H31N3O4. The van der Waals surface area contributed by atoms with Gasteiger partial charge in [0.15, 0.2) is 0 Å². The van der Waals surface area contributed by atoms with Crippen LogP contribution in [0.25, 0.3) is 0 Å². The average molecular weight is 438 g/mol. The van der Waals surface area contributed by atoms with E-state index in [2.05, 4.69) is 10.6 Å². The number of ether oxygens (including phenoxy) is 1. The zero-order valence-corrected chi connectivity index (χ0v) is 18.7. The molecule has 1 aliphatic rings. The quantitative estimate of drug-likeness (QED) is 0.664. The Morgan fingerprint density at radius 2 is 1.84 bits per heavy atom. The molecule has 2 atom stereocenters. The first-order valence-corrected chi connectivity index (χ1v) is 11.1. The second kappa shape index (κ2) is 11.3. The van der Waals surface area contributed by atoms with Gasteiger partial charge < -0.3 is 20.3 Å². The standard InChI is InChI=1S/C25H31N3O4/c1-3-32-20-14-12-19(13-15-20)25(31)28(2)22(17-18-9-5-4-6-10-18)24(30)27-21-11-7-8-16-26-23(21)29/h4-6,9-10,12-15,21-22H,3,7-8,11,16-17H2,1-2H3,(H,26,29)(H,27,30)/t21-,22-/m0/s1. The Morgan fingerprint density at radius 3 is 2.53 bits per heavy atom. The zero-order valence-electron chi connectivity index (χ0n) is 18.7. The van der Waals surface area contributed by atoms with Gasteiger partial charge in [-0.25, -0.2) is 0 Å². The van der Waals surface area contributed by atoms with E-state index < -0.39 is 12.1 Å². The zero-order chi connectivity index (χ0) is 22.9. The largest absolute Gasteiger partial charge is 0.494 e. The maximum atomic E-state index is 13.3. The highest BCUT2D eigenvalue weighted by Gasteiger charge is 2.31. The van der Waals surface area contributed by atoms with Crippen molar-refractivity contribution in [2.75, 3.05) is 20.2 Å². The third kappa shape index (κ3) is 6.09. The predicted molar refractivity (Wildman–Crippen MR) is 122 cm³/mol. The van der Waals surface area contributed by atoms with E-state index in [1.807, 2.05) is 37.3 Å². The minimum absolute atomic E-state index is 0.171. The highest BCUT2D eigenvalue weighted by Crippen LogP contribution is 2.17. The van der Waals surface area contributed by atoms with E-state index in [9.17, 15) is 14.4 Å².